The van der Waals surface area contributed by atoms with Crippen LogP contribution in [0, 0.1) is 0 Å². The van der Waals surface area contributed by atoms with Crippen molar-refractivity contribution in [3.05, 3.63) is 0 Å². The Morgan fingerprint density at radius 3 is 0.932 bits per heavy atom. The van der Waals surface area contributed by atoms with E-state index in [0.29, 0.717) is 13.2 Å². The van der Waals surface area contributed by atoms with Crippen molar-refractivity contribution in [2.45, 2.75) is 194 Å². The second-order valence-corrected chi connectivity index (χ2v) is 14.3. The van der Waals surface area contributed by atoms with Crippen molar-refractivity contribution < 1.29 is 28.5 Å². The Morgan fingerprint density at radius 1 is 0.432 bits per heavy atom. The SMILES string of the molecule is CCCCCCCCCCCCCCCCOP(=O)(OCCCCCCCCCCCCCCCC)ON(CCO)CCO. The first-order chi connectivity index (χ1) is 21.6. The number of nitrogens with zero attached hydrogens (tertiary/aromatic N) is 1. The van der Waals surface area contributed by atoms with Crippen molar-refractivity contribution in [3.8, 4) is 0 Å². The van der Waals surface area contributed by atoms with Crippen LogP contribution in [0.15, 0.2) is 0 Å². The van der Waals surface area contributed by atoms with Gasteiger partial charge < -0.3 is 10.2 Å². The molecule has 7 nitrogen and oxygen atoms in total. The molecule has 0 spiro atoms. The minimum Gasteiger partial charge on any atom is -0.395 e. The van der Waals surface area contributed by atoms with Crippen molar-refractivity contribution in [1.82, 2.24) is 5.06 Å². The fourth-order valence-electron chi connectivity index (χ4n) is 5.59. The number of hydroxylamine groups is 2. The first-order valence-corrected chi connectivity index (χ1v) is 20.6. The number of aliphatic hydroxyl groups excluding tert-OH is 2. The lowest BCUT2D eigenvalue weighted by atomic mass is 10.0. The van der Waals surface area contributed by atoms with Crippen LogP contribution in [0.1, 0.15) is 194 Å². The van der Waals surface area contributed by atoms with E-state index in [0.717, 1.165) is 38.5 Å². The summed E-state index contributed by atoms with van der Waals surface area (Å²) in [4.78, 5) is 0. The average Bonchev–Trinajstić information content (AvgIpc) is 3.01. The lowest BCUT2D eigenvalue weighted by molar-refractivity contribution is -0.105. The van der Waals surface area contributed by atoms with Gasteiger partial charge in [-0.3, -0.25) is 9.05 Å². The first-order valence-electron chi connectivity index (χ1n) is 19.2. The number of unbranched alkanes of at least 4 members (excludes halogenated alkanes) is 26. The van der Waals surface area contributed by atoms with Gasteiger partial charge in [-0.2, -0.15) is 9.69 Å². The van der Waals surface area contributed by atoms with E-state index < -0.39 is 7.82 Å². The molecule has 0 fully saturated rings. The predicted molar refractivity (Wildman–Crippen MR) is 187 cm³/mol. The lowest BCUT2D eigenvalue weighted by Crippen LogP contribution is -2.30. The average molecular weight is 650 g/mol. The second-order valence-electron chi connectivity index (χ2n) is 12.8. The normalized spacial score (nSPS) is 12.1. The van der Waals surface area contributed by atoms with Gasteiger partial charge in [0.25, 0.3) is 0 Å². The van der Waals surface area contributed by atoms with Crippen LogP contribution in [-0.4, -0.2) is 54.8 Å². The smallest absolute Gasteiger partial charge is 0.395 e. The summed E-state index contributed by atoms with van der Waals surface area (Å²) in [5.41, 5.74) is 0. The second kappa shape index (κ2) is 35.8. The van der Waals surface area contributed by atoms with Crippen molar-refractivity contribution in [2.75, 3.05) is 39.5 Å². The summed E-state index contributed by atoms with van der Waals surface area (Å²) < 4.78 is 30.3. The number of aliphatic hydroxyl groups is 2. The number of hydrogen-bond acceptors (Lipinski definition) is 7. The molecule has 0 aliphatic rings. The molecule has 0 radical (unpaired) electrons. The van der Waals surface area contributed by atoms with Crippen LogP contribution in [0.2, 0.25) is 0 Å². The molecule has 0 bridgehead atoms. The molecule has 0 aromatic rings. The zero-order chi connectivity index (χ0) is 32.2. The van der Waals surface area contributed by atoms with Crippen LogP contribution in [0.5, 0.6) is 0 Å². The maximum Gasteiger partial charge on any atom is 0.491 e. The van der Waals surface area contributed by atoms with Crippen molar-refractivity contribution in [2.24, 2.45) is 0 Å². The maximum atomic E-state index is 13.4. The molecule has 0 aliphatic carbocycles. The Bertz CT molecular complexity index is 553. The number of hydrogen-bond donors (Lipinski definition) is 2. The molecule has 0 amide bonds. The van der Waals surface area contributed by atoms with E-state index >= 15 is 0 Å². The van der Waals surface area contributed by atoms with Gasteiger partial charge in [-0.1, -0.05) is 181 Å². The Labute approximate surface area is 274 Å². The van der Waals surface area contributed by atoms with Crippen LogP contribution >= 0.6 is 7.82 Å². The molecule has 0 aromatic heterocycles. The Balaban J connectivity index is 4.02. The predicted octanol–water partition coefficient (Wildman–Crippen LogP) is 11.3. The van der Waals surface area contributed by atoms with Crippen molar-refractivity contribution >= 4 is 7.82 Å². The quantitative estimate of drug-likeness (QED) is 0.0391. The highest BCUT2D eigenvalue weighted by molar-refractivity contribution is 7.48. The van der Waals surface area contributed by atoms with Gasteiger partial charge in [0.15, 0.2) is 0 Å². The molecule has 266 valence electrons. The van der Waals surface area contributed by atoms with Gasteiger partial charge in [-0.15, -0.1) is 0 Å². The van der Waals surface area contributed by atoms with Gasteiger partial charge in [0.1, 0.15) is 0 Å². The van der Waals surface area contributed by atoms with Crippen molar-refractivity contribution in [3.63, 3.8) is 0 Å². The molecule has 0 saturated carbocycles. The third kappa shape index (κ3) is 32.0. The van der Waals surface area contributed by atoms with Gasteiger partial charge in [0.2, 0.25) is 0 Å². The molecule has 0 saturated heterocycles. The molecule has 0 aromatic carbocycles. The topological polar surface area (TPSA) is 88.5 Å². The molecular formula is C36H76NO6P. The zero-order valence-corrected chi connectivity index (χ0v) is 30.4. The van der Waals surface area contributed by atoms with Crippen LogP contribution in [-0.2, 0) is 18.2 Å². The lowest BCUT2D eigenvalue weighted by Gasteiger charge is -2.25. The summed E-state index contributed by atoms with van der Waals surface area (Å²) in [6.45, 7) is 5.11. The Morgan fingerprint density at radius 2 is 0.682 bits per heavy atom. The fraction of sp³-hybridized carbons (Fsp3) is 1.00. The fourth-order valence-corrected chi connectivity index (χ4v) is 6.91. The molecule has 0 rings (SSSR count). The van der Waals surface area contributed by atoms with E-state index in [9.17, 15) is 14.8 Å². The van der Waals surface area contributed by atoms with Crippen molar-refractivity contribution in [1.29, 1.82) is 0 Å². The Hall–Kier alpha value is -0.0100. The minimum atomic E-state index is -3.80. The summed E-state index contributed by atoms with van der Waals surface area (Å²) >= 11 is 0. The van der Waals surface area contributed by atoms with Gasteiger partial charge in [-0.25, -0.2) is 4.57 Å². The first kappa shape index (κ1) is 44.0. The van der Waals surface area contributed by atoms with E-state index in [2.05, 4.69) is 13.8 Å². The number of phosphoric acid groups is 1. The molecule has 0 aliphatic heterocycles. The minimum absolute atomic E-state index is 0.134. The van der Waals surface area contributed by atoms with E-state index in [1.54, 1.807) is 0 Å². The molecule has 44 heavy (non-hydrogen) atoms. The highest BCUT2D eigenvalue weighted by Gasteiger charge is 2.30. The molecule has 0 atom stereocenters. The Kier molecular flexibility index (Phi) is 35.8. The highest BCUT2D eigenvalue weighted by atomic mass is 31.2. The van der Waals surface area contributed by atoms with E-state index in [4.69, 9.17) is 13.7 Å². The third-order valence-corrected chi connectivity index (χ3v) is 9.84. The monoisotopic (exact) mass is 650 g/mol. The molecular weight excluding hydrogens is 573 g/mol. The van der Waals surface area contributed by atoms with Gasteiger partial charge >= 0.3 is 7.82 Å². The number of rotatable bonds is 38. The molecule has 8 heteroatoms. The van der Waals surface area contributed by atoms with E-state index in [1.807, 2.05) is 0 Å². The van der Waals surface area contributed by atoms with Crippen LogP contribution in [0.4, 0.5) is 0 Å². The largest absolute Gasteiger partial charge is 0.491 e. The van der Waals surface area contributed by atoms with Gasteiger partial charge in [0, 0.05) is 13.1 Å². The van der Waals surface area contributed by atoms with E-state index in [1.165, 1.54) is 146 Å². The third-order valence-electron chi connectivity index (χ3n) is 8.41. The summed E-state index contributed by atoms with van der Waals surface area (Å²) in [6.07, 6.45) is 35.8. The molecule has 0 unspecified atom stereocenters. The molecule has 0 heterocycles. The van der Waals surface area contributed by atoms with Crippen LogP contribution in [0.25, 0.3) is 0 Å². The summed E-state index contributed by atoms with van der Waals surface area (Å²) in [7, 11) is -3.80. The number of phosphoric ester groups is 1. The summed E-state index contributed by atoms with van der Waals surface area (Å²) in [5, 5.41) is 19.9. The van der Waals surface area contributed by atoms with Crippen LogP contribution < -0.4 is 0 Å². The summed E-state index contributed by atoms with van der Waals surface area (Å²) in [6, 6.07) is 0. The zero-order valence-electron chi connectivity index (χ0n) is 29.5. The van der Waals surface area contributed by atoms with Gasteiger partial charge in [-0.05, 0) is 12.8 Å². The van der Waals surface area contributed by atoms with Gasteiger partial charge in [0.05, 0.1) is 26.4 Å². The maximum absolute atomic E-state index is 13.4. The standard InChI is InChI=1S/C36H76NO6P/c1-3-5-7-9-11-13-15-17-19-21-23-25-27-29-35-41-44(40,43-37(31-33-38)32-34-39)42-36-30-28-26-24-22-20-18-16-14-12-10-8-6-4-2/h38-39H,3-36H2,1-2H3. The summed E-state index contributed by atoms with van der Waals surface area (Å²) in [5.74, 6) is 0. The highest BCUT2D eigenvalue weighted by Crippen LogP contribution is 2.50. The molecule has 2 N–H and O–H groups in total. The van der Waals surface area contributed by atoms with Crippen LogP contribution in [0.3, 0.4) is 0 Å². The van der Waals surface area contributed by atoms with E-state index in [-0.39, 0.29) is 26.3 Å².